The van der Waals surface area contributed by atoms with Gasteiger partial charge >= 0.3 is 17.3 Å². The number of carboxylic acid groups (broad SMARTS) is 1. The highest BCUT2D eigenvalue weighted by Crippen LogP contribution is 2.63. The number of aromatic nitrogens is 12. The molecule has 4 heterocycles. The van der Waals surface area contributed by atoms with Crippen LogP contribution >= 0.6 is 11.6 Å². The van der Waals surface area contributed by atoms with Crippen LogP contribution in [-0.4, -0.2) is 97.9 Å². The summed E-state index contributed by atoms with van der Waals surface area (Å²) in [5.41, 5.74) is 14.2. The average Bonchev–Trinajstić information content (AvgIpc) is 2.87. The fourth-order valence-electron chi connectivity index (χ4n) is 19.0. The monoisotopic (exact) mass is 1130 g/mol. The number of nitrogens with zero attached hydrogens (tertiary/aromatic N) is 10. The zero-order valence-electron chi connectivity index (χ0n) is 46.7. The molecule has 0 spiro atoms. The van der Waals surface area contributed by atoms with E-state index in [2.05, 4.69) is 138 Å². The van der Waals surface area contributed by atoms with Gasteiger partial charge in [-0.2, -0.15) is 10.4 Å². The molecule has 0 unspecified atom stereocenters. The van der Waals surface area contributed by atoms with E-state index in [1.54, 1.807) is 0 Å². The van der Waals surface area contributed by atoms with Crippen molar-refractivity contribution in [3.05, 3.63) is 100 Å². The highest BCUT2D eigenvalue weighted by molar-refractivity contribution is 6.27. The van der Waals surface area contributed by atoms with Gasteiger partial charge in [-0.1, -0.05) is 81.1 Å². The number of halogens is 1. The van der Waals surface area contributed by atoms with E-state index in [9.17, 15) is 9.90 Å². The summed E-state index contributed by atoms with van der Waals surface area (Å²) in [5, 5.41) is 64.0. The van der Waals surface area contributed by atoms with Crippen molar-refractivity contribution in [3.63, 3.8) is 0 Å². The highest BCUT2D eigenvalue weighted by Gasteiger charge is 2.57. The average molecular weight is 1130 g/mol. The molecule has 6 aromatic rings. The van der Waals surface area contributed by atoms with E-state index in [-0.39, 0.29) is 33.7 Å². The fourth-order valence-corrected chi connectivity index (χ4v) is 19.1. The smallest absolute Gasteiger partial charge is 0.315 e. The van der Waals surface area contributed by atoms with E-state index in [0.717, 1.165) is 110 Å². The van der Waals surface area contributed by atoms with Gasteiger partial charge in [0.05, 0.1) is 11.5 Å². The molecule has 2 atom stereocenters. The van der Waals surface area contributed by atoms with Gasteiger partial charge in [-0.05, 0) is 250 Å². The molecule has 2 aromatic carbocycles. The van der Waals surface area contributed by atoms with Crippen LogP contribution in [0.1, 0.15) is 162 Å². The van der Waals surface area contributed by atoms with Crippen LogP contribution in [0.4, 0.5) is 17.9 Å². The first-order valence-electron chi connectivity index (χ1n) is 30.5. The molecule has 0 saturated heterocycles. The third-order valence-electron chi connectivity index (χ3n) is 21.2. The molecule has 12 saturated carbocycles. The molecule has 14 aliphatic carbocycles. The third kappa shape index (κ3) is 11.1. The Kier molecular flexibility index (Phi) is 14.5. The van der Waals surface area contributed by atoms with Crippen molar-refractivity contribution in [1.29, 1.82) is 0 Å². The molecule has 0 radical (unpaired) electrons. The molecule has 20 rings (SSSR count). The van der Waals surface area contributed by atoms with Crippen molar-refractivity contribution in [2.45, 2.75) is 164 Å². The fraction of sp³-hybridized carbons (Fsp3) is 0.623. The van der Waals surface area contributed by atoms with Gasteiger partial charge in [-0.15, -0.1) is 20.4 Å². The molecule has 8 N–H and O–H groups in total. The predicted octanol–water partition coefficient (Wildman–Crippen LogP) is 10.4. The van der Waals surface area contributed by atoms with Gasteiger partial charge in [-0.25, -0.2) is 0 Å². The van der Waals surface area contributed by atoms with Crippen LogP contribution in [0.3, 0.4) is 0 Å². The maximum atomic E-state index is 11.3. The molecule has 432 valence electrons. The molecular formula is C61H77ClN16O4. The molecular weight excluding hydrogens is 1060 g/mol. The summed E-state index contributed by atoms with van der Waals surface area (Å²) in [5.74, 6) is 9.61. The minimum Gasteiger partial charge on any atom is -0.481 e. The lowest BCUT2D eigenvalue weighted by Gasteiger charge is -2.55. The maximum absolute atomic E-state index is 11.3. The zero-order chi connectivity index (χ0) is 55.4. The van der Waals surface area contributed by atoms with Gasteiger partial charge in [0.1, 0.15) is 0 Å². The summed E-state index contributed by atoms with van der Waals surface area (Å²) in [7, 11) is 0. The van der Waals surface area contributed by atoms with E-state index in [1.807, 2.05) is 0 Å². The Bertz CT molecular complexity index is 3160. The number of nitrogens with one attached hydrogen (secondary N) is 5. The van der Waals surface area contributed by atoms with Gasteiger partial charge in [0.2, 0.25) is 11.8 Å². The van der Waals surface area contributed by atoms with Crippen LogP contribution in [0.25, 0.3) is 11.1 Å². The number of carbonyl (C=O) groups is 1. The van der Waals surface area contributed by atoms with Gasteiger partial charge in [0, 0.05) is 30.0 Å². The number of nitrogens with two attached hydrogens (primary N) is 1. The number of rotatable bonds is 15. The Labute approximate surface area is 482 Å². The Morgan fingerprint density at radius 2 is 1.02 bits per heavy atom. The van der Waals surface area contributed by atoms with Crippen LogP contribution in [0.5, 0.6) is 0 Å². The summed E-state index contributed by atoms with van der Waals surface area (Å²) in [6, 6.07) is 17.7. The Hall–Kier alpha value is -6.54. The van der Waals surface area contributed by atoms with Crippen molar-refractivity contribution < 1.29 is 18.7 Å². The molecule has 4 aromatic heterocycles. The number of tetrazole rings is 2. The molecule has 14 aliphatic rings. The van der Waals surface area contributed by atoms with Crippen molar-refractivity contribution in [2.75, 3.05) is 29.0 Å². The summed E-state index contributed by atoms with van der Waals surface area (Å²) in [6.45, 7) is 1.23. The number of benzene rings is 2. The minimum absolute atomic E-state index is 0.0240. The number of aliphatic carboxylic acids is 1. The van der Waals surface area contributed by atoms with Crippen LogP contribution in [-0.2, 0) is 28.5 Å². The first-order valence-corrected chi connectivity index (χ1v) is 30.9. The van der Waals surface area contributed by atoms with Crippen LogP contribution in [0, 0.1) is 58.7 Å². The van der Waals surface area contributed by atoms with Gasteiger partial charge in [-0.3, -0.25) is 4.79 Å². The van der Waals surface area contributed by atoms with E-state index >= 15 is 0 Å². The number of aromatic amines is 2. The second kappa shape index (κ2) is 22.2. The van der Waals surface area contributed by atoms with Crippen molar-refractivity contribution >= 4 is 46.6 Å². The lowest BCUT2D eigenvalue weighted by atomic mass is 9.49. The molecule has 12 fully saturated rings. The normalized spacial score (nSPS) is 32.9. The van der Waals surface area contributed by atoms with Gasteiger partial charge in [0.25, 0.3) is 11.9 Å². The Morgan fingerprint density at radius 3 is 1.48 bits per heavy atom. The van der Waals surface area contributed by atoms with Gasteiger partial charge in [0.15, 0.2) is 0 Å². The second-order valence-electron chi connectivity index (χ2n) is 27.1. The molecule has 20 nitrogen and oxygen atoms in total. The summed E-state index contributed by atoms with van der Waals surface area (Å²) < 4.78 is 11.9. The number of H-pyrrole nitrogens is 2. The number of allylic oxidation sites excluding steroid dienone is 2. The molecule has 12 bridgehead atoms. The molecule has 0 aliphatic heterocycles. The zero-order valence-corrected chi connectivity index (χ0v) is 47.5. The Morgan fingerprint density at radius 1 is 0.585 bits per heavy atom. The molecule has 82 heavy (non-hydrogen) atoms. The van der Waals surface area contributed by atoms with Crippen LogP contribution in [0.2, 0.25) is 5.35 Å². The lowest BCUT2D eigenvalue weighted by Crippen LogP contribution is -2.49. The number of hydrogen-bond acceptors (Lipinski definition) is 17. The first-order chi connectivity index (χ1) is 40.0. The quantitative estimate of drug-likeness (QED) is 0.0503. The molecule has 0 amide bonds. The van der Waals surface area contributed by atoms with Crippen LogP contribution in [0.15, 0.2) is 69.5 Å². The predicted molar refractivity (Wildman–Crippen MR) is 308 cm³/mol. The highest BCUT2D eigenvalue weighted by atomic mass is 35.5. The van der Waals surface area contributed by atoms with Gasteiger partial charge < -0.3 is 35.6 Å². The number of fused-ring (bicyclic) bond motifs is 2. The minimum atomic E-state index is -0.508. The maximum Gasteiger partial charge on any atom is 0.315 e. The lowest BCUT2D eigenvalue weighted by molar-refractivity contribution is -0.164. The molecule has 21 heteroatoms. The van der Waals surface area contributed by atoms with E-state index in [0.29, 0.717) is 31.0 Å². The number of hydrogen-bond donors (Lipinski definition) is 7. The largest absolute Gasteiger partial charge is 0.481 e. The van der Waals surface area contributed by atoms with E-state index in [1.165, 1.54) is 130 Å². The summed E-state index contributed by atoms with van der Waals surface area (Å²) in [4.78, 5) is 11.3. The topological polar surface area (TPSA) is 286 Å². The number of anilines is 3. The summed E-state index contributed by atoms with van der Waals surface area (Å²) in [6.07, 6.45) is 31.1. The van der Waals surface area contributed by atoms with E-state index in [4.69, 9.17) is 26.2 Å². The third-order valence-corrected chi connectivity index (χ3v) is 21.3. The van der Waals surface area contributed by atoms with Crippen molar-refractivity contribution in [1.82, 2.24) is 61.6 Å². The standard InChI is InChI=1S/C25H30N8O.C13H16N6.C12H15ClN2O.C11H16O2/c1-2-4-21-18(3-1)5-6-19(21)10-20(14-26-23-29-32-33-30-23)27-24-31-28-22(34-24)25-11-15-7-16(12-25)9-17(8-15)13-25;14-11(8-15-13-16-18-19-17-13)7-10-6-5-9-3-1-2-4-12(9)10;13-11-15-14-10(16-11)12-4-7-1-8(5-12)3-9(2-7)6-12;12-10(13)11-4-7-1-8(5-11)3-9(2-7)6-11/h1-4,6,15-17,20H,5,7-14H2,(H,27,31)(H2,26,29,30,32,33);1-4,6,11H,5,7-8,14H2,(H2,15,16,17,18,19);7-9H,1-6H2;7-9H,1-6H2,(H,12,13)/t15?,16?,17?,20-,25?;11-;;/m00../s1. The SMILES string of the molecule is C1=C(C[C@@H](CNc2nn[nH]n2)Nc2nnc(C34CC5CC(CC(C5)C3)C4)o2)c2ccccc2C1.Clc1nnc(C23CC4CC(CC(C4)C2)C3)o1.N[C@H](CNc1nn[nH]n1)CC1=CCc2ccccc21.O=C(O)C12CC3CC(CC(C3)C1)C2. The Balaban J connectivity index is 0.000000106. The second-order valence-corrected chi connectivity index (χ2v) is 27.4. The van der Waals surface area contributed by atoms with Crippen molar-refractivity contribution in [2.24, 2.45) is 64.4 Å². The van der Waals surface area contributed by atoms with Crippen molar-refractivity contribution in [3.8, 4) is 0 Å². The summed E-state index contributed by atoms with van der Waals surface area (Å²) >= 11 is 5.76. The first kappa shape index (κ1) is 53.5. The van der Waals surface area contributed by atoms with Crippen LogP contribution < -0.4 is 21.7 Å². The van der Waals surface area contributed by atoms with E-state index < -0.39 is 5.97 Å². The number of carboxylic acids is 1.